The van der Waals surface area contributed by atoms with Crippen LogP contribution in [0.3, 0.4) is 0 Å². The van der Waals surface area contributed by atoms with Crippen molar-refractivity contribution in [1.29, 1.82) is 0 Å². The van der Waals surface area contributed by atoms with E-state index in [0.29, 0.717) is 5.92 Å². The first-order valence-electron chi connectivity index (χ1n) is 7.23. The average molecular weight is 267 g/mol. The molecule has 0 aromatic heterocycles. The lowest BCUT2D eigenvalue weighted by molar-refractivity contribution is 0.136. The van der Waals surface area contributed by atoms with Crippen LogP contribution in [0.1, 0.15) is 42.0 Å². The Labute approximate surface area is 120 Å². The minimum atomic E-state index is 0.0646. The van der Waals surface area contributed by atoms with Gasteiger partial charge < -0.3 is 10.5 Å². The molecule has 1 aliphatic rings. The second kappa shape index (κ2) is 5.29. The summed E-state index contributed by atoms with van der Waals surface area (Å²) in [4.78, 5) is 0. The second-order valence-corrected chi connectivity index (χ2v) is 5.74. The van der Waals surface area contributed by atoms with Crippen LogP contribution in [0.25, 0.3) is 0 Å². The number of fused-ring (bicyclic) bond motifs is 1. The Kier molecular flexibility index (Phi) is 3.49. The van der Waals surface area contributed by atoms with Crippen molar-refractivity contribution in [3.05, 3.63) is 65.2 Å². The molecule has 1 heterocycles. The molecule has 104 valence electrons. The van der Waals surface area contributed by atoms with Crippen molar-refractivity contribution < 1.29 is 4.74 Å². The maximum absolute atomic E-state index is 6.34. The predicted octanol–water partition coefficient (Wildman–Crippen LogP) is 3.95. The summed E-state index contributed by atoms with van der Waals surface area (Å²) in [5, 5.41) is 0. The summed E-state index contributed by atoms with van der Waals surface area (Å²) in [5.41, 5.74) is 10.0. The maximum atomic E-state index is 6.34. The SMILES string of the molecule is Cc1ccc2c(c1)[C@@H](N)CC(C(C)c1ccccc1)O2. The molecular formula is C18H21NO. The molecule has 2 unspecified atom stereocenters. The smallest absolute Gasteiger partial charge is 0.124 e. The summed E-state index contributed by atoms with van der Waals surface area (Å²) in [6.45, 7) is 4.30. The van der Waals surface area contributed by atoms with Crippen LogP contribution >= 0.6 is 0 Å². The molecule has 2 heteroatoms. The molecule has 0 spiro atoms. The van der Waals surface area contributed by atoms with Crippen LogP contribution in [-0.4, -0.2) is 6.10 Å². The molecule has 20 heavy (non-hydrogen) atoms. The molecule has 0 radical (unpaired) electrons. The van der Waals surface area contributed by atoms with E-state index < -0.39 is 0 Å². The molecule has 2 nitrogen and oxygen atoms in total. The van der Waals surface area contributed by atoms with E-state index in [9.17, 15) is 0 Å². The summed E-state index contributed by atoms with van der Waals surface area (Å²) in [5.74, 6) is 1.29. The maximum Gasteiger partial charge on any atom is 0.124 e. The summed E-state index contributed by atoms with van der Waals surface area (Å²) in [6.07, 6.45) is 1.01. The Balaban J connectivity index is 1.86. The molecule has 0 saturated heterocycles. The fourth-order valence-corrected chi connectivity index (χ4v) is 2.93. The third-order valence-corrected chi connectivity index (χ3v) is 4.21. The fraction of sp³-hybridized carbons (Fsp3) is 0.333. The van der Waals surface area contributed by atoms with Gasteiger partial charge in [0, 0.05) is 23.9 Å². The van der Waals surface area contributed by atoms with Crippen LogP contribution in [0.5, 0.6) is 5.75 Å². The van der Waals surface area contributed by atoms with Crippen molar-refractivity contribution in [1.82, 2.24) is 0 Å². The van der Waals surface area contributed by atoms with Crippen molar-refractivity contribution in [3.8, 4) is 5.75 Å². The Morgan fingerprint density at radius 1 is 1.15 bits per heavy atom. The van der Waals surface area contributed by atoms with Crippen molar-refractivity contribution in [2.45, 2.75) is 38.3 Å². The summed E-state index contributed by atoms with van der Waals surface area (Å²) >= 11 is 0. The van der Waals surface area contributed by atoms with Gasteiger partial charge in [0.2, 0.25) is 0 Å². The van der Waals surface area contributed by atoms with Crippen molar-refractivity contribution in [3.63, 3.8) is 0 Å². The van der Waals surface area contributed by atoms with Gasteiger partial charge in [-0.1, -0.05) is 55.0 Å². The van der Waals surface area contributed by atoms with Crippen molar-refractivity contribution in [2.24, 2.45) is 5.73 Å². The molecule has 2 aromatic rings. The second-order valence-electron chi connectivity index (χ2n) is 5.74. The first-order chi connectivity index (χ1) is 9.65. The summed E-state index contributed by atoms with van der Waals surface area (Å²) in [7, 11) is 0. The minimum absolute atomic E-state index is 0.0646. The van der Waals surface area contributed by atoms with Crippen molar-refractivity contribution in [2.75, 3.05) is 0 Å². The normalized spacial score (nSPS) is 22.8. The zero-order valence-corrected chi connectivity index (χ0v) is 12.0. The molecule has 0 fully saturated rings. The monoisotopic (exact) mass is 267 g/mol. The van der Waals surface area contributed by atoms with Crippen LogP contribution in [0, 0.1) is 6.92 Å². The van der Waals surface area contributed by atoms with Crippen LogP contribution < -0.4 is 10.5 Å². The lowest BCUT2D eigenvalue weighted by Crippen LogP contribution is -2.33. The summed E-state index contributed by atoms with van der Waals surface area (Å²) < 4.78 is 6.19. The number of nitrogens with two attached hydrogens (primary N) is 1. The predicted molar refractivity (Wildman–Crippen MR) is 82.0 cm³/mol. The molecule has 0 bridgehead atoms. The number of hydrogen-bond acceptors (Lipinski definition) is 2. The lowest BCUT2D eigenvalue weighted by atomic mass is 9.87. The molecule has 0 saturated carbocycles. The van der Waals surface area contributed by atoms with E-state index in [-0.39, 0.29) is 12.1 Å². The van der Waals surface area contributed by atoms with Gasteiger partial charge in [-0.05, 0) is 18.6 Å². The Morgan fingerprint density at radius 3 is 2.65 bits per heavy atom. The number of benzene rings is 2. The van der Waals surface area contributed by atoms with Gasteiger partial charge in [-0.2, -0.15) is 0 Å². The average Bonchev–Trinajstić information content (AvgIpc) is 2.48. The van der Waals surface area contributed by atoms with E-state index >= 15 is 0 Å². The number of ether oxygens (including phenoxy) is 1. The van der Waals surface area contributed by atoms with E-state index in [1.165, 1.54) is 11.1 Å². The van der Waals surface area contributed by atoms with Gasteiger partial charge >= 0.3 is 0 Å². The zero-order valence-electron chi connectivity index (χ0n) is 12.0. The van der Waals surface area contributed by atoms with Gasteiger partial charge in [-0.25, -0.2) is 0 Å². The Morgan fingerprint density at radius 2 is 1.90 bits per heavy atom. The minimum Gasteiger partial charge on any atom is -0.489 e. The van der Waals surface area contributed by atoms with Gasteiger partial charge in [0.15, 0.2) is 0 Å². The zero-order chi connectivity index (χ0) is 14.1. The standard InChI is InChI=1S/C18H21NO/c1-12-8-9-17-15(10-12)16(19)11-18(20-17)13(2)14-6-4-3-5-7-14/h3-10,13,16,18H,11,19H2,1-2H3/t13?,16-,18?/m0/s1. The Bertz CT molecular complexity index is 594. The first kappa shape index (κ1) is 13.2. The van der Waals surface area contributed by atoms with E-state index in [1.54, 1.807) is 0 Å². The molecule has 2 N–H and O–H groups in total. The molecule has 3 rings (SSSR count). The van der Waals surface area contributed by atoms with Gasteiger partial charge in [0.25, 0.3) is 0 Å². The number of hydrogen-bond donors (Lipinski definition) is 1. The largest absolute Gasteiger partial charge is 0.489 e. The molecule has 3 atom stereocenters. The molecule has 0 amide bonds. The van der Waals surface area contributed by atoms with Gasteiger partial charge in [0.05, 0.1) is 0 Å². The van der Waals surface area contributed by atoms with Crippen molar-refractivity contribution >= 4 is 0 Å². The first-order valence-corrected chi connectivity index (χ1v) is 7.23. The number of rotatable bonds is 2. The highest BCUT2D eigenvalue weighted by Gasteiger charge is 2.30. The van der Waals surface area contributed by atoms with E-state index in [1.807, 2.05) is 6.07 Å². The fourth-order valence-electron chi connectivity index (χ4n) is 2.93. The van der Waals surface area contributed by atoms with Gasteiger partial charge in [-0.15, -0.1) is 0 Å². The van der Waals surface area contributed by atoms with Crippen LogP contribution in [0.4, 0.5) is 0 Å². The van der Waals surface area contributed by atoms with Gasteiger partial charge in [0.1, 0.15) is 11.9 Å². The summed E-state index contributed by atoms with van der Waals surface area (Å²) in [6, 6.07) is 16.8. The number of aryl methyl sites for hydroxylation is 1. The van der Waals surface area contributed by atoms with E-state index in [2.05, 4.69) is 56.3 Å². The lowest BCUT2D eigenvalue weighted by Gasteiger charge is -2.34. The van der Waals surface area contributed by atoms with Crippen LogP contribution in [0.2, 0.25) is 0 Å². The van der Waals surface area contributed by atoms with Gasteiger partial charge in [-0.3, -0.25) is 0 Å². The molecule has 2 aromatic carbocycles. The van der Waals surface area contributed by atoms with Crippen LogP contribution in [0.15, 0.2) is 48.5 Å². The quantitative estimate of drug-likeness (QED) is 0.894. The molecular weight excluding hydrogens is 246 g/mol. The highest BCUT2D eigenvalue weighted by Crippen LogP contribution is 2.38. The topological polar surface area (TPSA) is 35.2 Å². The molecule has 1 aliphatic heterocycles. The third-order valence-electron chi connectivity index (χ3n) is 4.21. The van der Waals surface area contributed by atoms with Crippen LogP contribution in [-0.2, 0) is 0 Å². The molecule has 0 aliphatic carbocycles. The third kappa shape index (κ3) is 2.44. The highest BCUT2D eigenvalue weighted by molar-refractivity contribution is 5.41. The Hall–Kier alpha value is -1.80. The highest BCUT2D eigenvalue weighted by atomic mass is 16.5. The van der Waals surface area contributed by atoms with E-state index in [0.717, 1.165) is 17.7 Å². The van der Waals surface area contributed by atoms with E-state index in [4.69, 9.17) is 10.5 Å².